The maximum atomic E-state index is 14.8. The van der Waals surface area contributed by atoms with E-state index in [1.54, 1.807) is 24.3 Å². The number of carbonyl (C=O) groups is 2. The molecule has 0 bridgehead atoms. The fraction of sp³-hybridized carbons (Fsp3) is 0.333. The maximum Gasteiger partial charge on any atom is 0.264 e. The standard InChI is InChI=1S/C39H47N3O7S/c1-7-49-33-19-17-32(18-20-33)42(50(45,46)34-21-22-36(47-5)37(24-34)48-6)27-38(43)41(26-31-16-12-11-13-29(31)4)35(39(44)40-25-28(2)3)23-30-14-9-8-10-15-30/h8-22,24,28,35H,7,23,25-27H2,1-6H3,(H,40,44)/t35-/m1/s1. The number of anilines is 1. The summed E-state index contributed by atoms with van der Waals surface area (Å²) in [7, 11) is -1.48. The molecule has 4 rings (SSSR count). The minimum absolute atomic E-state index is 0.0889. The Morgan fingerprint density at radius 1 is 0.840 bits per heavy atom. The highest BCUT2D eigenvalue weighted by atomic mass is 32.2. The van der Waals surface area contributed by atoms with E-state index < -0.39 is 28.5 Å². The fourth-order valence-corrected chi connectivity index (χ4v) is 6.89. The van der Waals surface area contributed by atoms with E-state index in [0.29, 0.717) is 24.7 Å². The molecule has 4 aromatic carbocycles. The molecule has 1 atom stereocenters. The van der Waals surface area contributed by atoms with Crippen LogP contribution in [0.25, 0.3) is 0 Å². The number of benzene rings is 4. The van der Waals surface area contributed by atoms with Gasteiger partial charge in [0.05, 0.1) is 31.4 Å². The van der Waals surface area contributed by atoms with Gasteiger partial charge in [-0.15, -0.1) is 0 Å². The van der Waals surface area contributed by atoms with E-state index in [9.17, 15) is 18.0 Å². The number of sulfonamides is 1. The predicted molar refractivity (Wildman–Crippen MR) is 195 cm³/mol. The largest absolute Gasteiger partial charge is 0.494 e. The van der Waals surface area contributed by atoms with Crippen molar-refractivity contribution >= 4 is 27.5 Å². The first-order chi connectivity index (χ1) is 24.0. The van der Waals surface area contributed by atoms with Crippen molar-refractivity contribution in [2.75, 3.05) is 38.2 Å². The molecular formula is C39H47N3O7S. The van der Waals surface area contributed by atoms with Gasteiger partial charge in [0.2, 0.25) is 11.8 Å². The molecule has 0 aliphatic rings. The molecule has 2 amide bonds. The summed E-state index contributed by atoms with van der Waals surface area (Å²) in [6.07, 6.45) is 0.230. The fourth-order valence-electron chi connectivity index (χ4n) is 5.46. The Kier molecular flexibility index (Phi) is 13.3. The van der Waals surface area contributed by atoms with Crippen LogP contribution in [0.1, 0.15) is 37.5 Å². The Labute approximate surface area is 296 Å². The summed E-state index contributed by atoms with van der Waals surface area (Å²) in [5.41, 5.74) is 2.89. The second-order valence-electron chi connectivity index (χ2n) is 12.2. The zero-order chi connectivity index (χ0) is 36.3. The number of nitrogens with one attached hydrogen (secondary N) is 1. The van der Waals surface area contributed by atoms with E-state index >= 15 is 0 Å². The lowest BCUT2D eigenvalue weighted by molar-refractivity contribution is -0.140. The van der Waals surface area contributed by atoms with Gasteiger partial charge in [-0.2, -0.15) is 0 Å². The van der Waals surface area contributed by atoms with E-state index in [1.807, 2.05) is 82.3 Å². The van der Waals surface area contributed by atoms with Gasteiger partial charge in [-0.05, 0) is 72.9 Å². The van der Waals surface area contributed by atoms with Crippen molar-refractivity contribution in [2.24, 2.45) is 5.92 Å². The van der Waals surface area contributed by atoms with E-state index in [-0.39, 0.29) is 41.1 Å². The molecule has 0 aliphatic heterocycles. The molecular weight excluding hydrogens is 655 g/mol. The van der Waals surface area contributed by atoms with Crippen LogP contribution in [0.15, 0.2) is 102 Å². The highest BCUT2D eigenvalue weighted by Gasteiger charge is 2.35. The second kappa shape index (κ2) is 17.6. The van der Waals surface area contributed by atoms with Gasteiger partial charge in [-0.1, -0.05) is 68.4 Å². The number of ether oxygens (including phenoxy) is 3. The summed E-state index contributed by atoms with van der Waals surface area (Å²) in [6, 6.07) is 27.0. The van der Waals surface area contributed by atoms with Gasteiger partial charge in [-0.25, -0.2) is 8.42 Å². The molecule has 0 saturated carbocycles. The molecule has 0 aliphatic carbocycles. The van der Waals surface area contributed by atoms with Crippen LogP contribution in [0.2, 0.25) is 0 Å². The molecule has 266 valence electrons. The highest BCUT2D eigenvalue weighted by molar-refractivity contribution is 7.92. The summed E-state index contributed by atoms with van der Waals surface area (Å²) in [5, 5.41) is 3.02. The SMILES string of the molecule is CCOc1ccc(N(CC(=O)N(Cc2ccccc2C)[C@H](Cc2ccccc2)C(=O)NCC(C)C)S(=O)(=O)c2ccc(OC)c(OC)c2)cc1. The van der Waals surface area contributed by atoms with Gasteiger partial charge < -0.3 is 24.4 Å². The quantitative estimate of drug-likeness (QED) is 0.143. The van der Waals surface area contributed by atoms with Crippen LogP contribution in [-0.4, -0.2) is 65.1 Å². The van der Waals surface area contributed by atoms with E-state index in [2.05, 4.69) is 5.32 Å². The van der Waals surface area contributed by atoms with E-state index in [4.69, 9.17) is 14.2 Å². The maximum absolute atomic E-state index is 14.8. The van der Waals surface area contributed by atoms with Crippen LogP contribution in [0, 0.1) is 12.8 Å². The summed E-state index contributed by atoms with van der Waals surface area (Å²) in [4.78, 5) is 30.2. The Balaban J connectivity index is 1.84. The van der Waals surface area contributed by atoms with E-state index in [1.165, 1.54) is 37.3 Å². The molecule has 50 heavy (non-hydrogen) atoms. The van der Waals surface area contributed by atoms with Crippen LogP contribution in [0.3, 0.4) is 0 Å². The van der Waals surface area contributed by atoms with Crippen molar-refractivity contribution in [1.29, 1.82) is 0 Å². The number of amides is 2. The molecule has 4 aromatic rings. The Morgan fingerprint density at radius 3 is 2.12 bits per heavy atom. The lowest BCUT2D eigenvalue weighted by atomic mass is 10.0. The minimum Gasteiger partial charge on any atom is -0.494 e. The smallest absolute Gasteiger partial charge is 0.264 e. The van der Waals surface area contributed by atoms with Gasteiger partial charge in [0.1, 0.15) is 18.3 Å². The predicted octanol–water partition coefficient (Wildman–Crippen LogP) is 6.02. The molecule has 0 saturated heterocycles. The number of nitrogens with zero attached hydrogens (tertiary/aromatic N) is 2. The lowest BCUT2D eigenvalue weighted by Gasteiger charge is -2.34. The molecule has 1 N–H and O–H groups in total. The Hall–Kier alpha value is -5.03. The number of carbonyl (C=O) groups excluding carboxylic acids is 2. The average Bonchev–Trinajstić information content (AvgIpc) is 3.12. The number of hydrogen-bond donors (Lipinski definition) is 1. The molecule has 0 aromatic heterocycles. The van der Waals surface area contributed by atoms with Gasteiger partial charge in [0.15, 0.2) is 11.5 Å². The molecule has 11 heteroatoms. The van der Waals surface area contributed by atoms with Crippen molar-refractivity contribution in [2.45, 2.75) is 51.6 Å². The lowest BCUT2D eigenvalue weighted by Crippen LogP contribution is -2.53. The average molecular weight is 702 g/mol. The van der Waals surface area contributed by atoms with Crippen LogP contribution in [0.5, 0.6) is 17.2 Å². The monoisotopic (exact) mass is 701 g/mol. The number of hydrogen-bond acceptors (Lipinski definition) is 7. The minimum atomic E-state index is -4.36. The first-order valence-corrected chi connectivity index (χ1v) is 18.1. The Morgan fingerprint density at radius 2 is 1.50 bits per heavy atom. The van der Waals surface area contributed by atoms with Gasteiger partial charge in [0.25, 0.3) is 10.0 Å². The van der Waals surface area contributed by atoms with Gasteiger partial charge in [0, 0.05) is 25.6 Å². The van der Waals surface area contributed by atoms with Crippen molar-refractivity contribution < 1.29 is 32.2 Å². The van der Waals surface area contributed by atoms with Crippen molar-refractivity contribution in [3.63, 3.8) is 0 Å². The second-order valence-corrected chi connectivity index (χ2v) is 14.1. The first-order valence-electron chi connectivity index (χ1n) is 16.6. The summed E-state index contributed by atoms with van der Waals surface area (Å²) in [6.45, 7) is 8.14. The topological polar surface area (TPSA) is 114 Å². The van der Waals surface area contributed by atoms with Gasteiger partial charge >= 0.3 is 0 Å². The molecule has 0 fully saturated rings. The van der Waals surface area contributed by atoms with Crippen LogP contribution in [0.4, 0.5) is 5.69 Å². The normalized spacial score (nSPS) is 11.8. The molecule has 10 nitrogen and oxygen atoms in total. The number of rotatable bonds is 17. The zero-order valence-electron chi connectivity index (χ0n) is 29.6. The van der Waals surface area contributed by atoms with Crippen molar-refractivity contribution in [3.8, 4) is 17.2 Å². The molecule has 0 heterocycles. The summed E-state index contributed by atoms with van der Waals surface area (Å²) in [5.74, 6) is 0.440. The van der Waals surface area contributed by atoms with Crippen LogP contribution in [-0.2, 0) is 32.6 Å². The van der Waals surface area contributed by atoms with Crippen molar-refractivity contribution in [3.05, 3.63) is 114 Å². The van der Waals surface area contributed by atoms with E-state index in [0.717, 1.165) is 21.0 Å². The Bertz CT molecular complexity index is 1830. The first kappa shape index (κ1) is 37.8. The summed E-state index contributed by atoms with van der Waals surface area (Å²) >= 11 is 0. The highest BCUT2D eigenvalue weighted by Crippen LogP contribution is 2.33. The third-order valence-electron chi connectivity index (χ3n) is 8.22. The van der Waals surface area contributed by atoms with Crippen molar-refractivity contribution in [1.82, 2.24) is 10.2 Å². The van der Waals surface area contributed by atoms with Crippen LogP contribution < -0.4 is 23.8 Å². The molecule has 0 spiro atoms. The third-order valence-corrected chi connectivity index (χ3v) is 9.99. The molecule has 0 unspecified atom stereocenters. The number of aryl methyl sites for hydroxylation is 1. The summed E-state index contributed by atoms with van der Waals surface area (Å²) < 4.78 is 46.4. The van der Waals surface area contributed by atoms with Gasteiger partial charge in [-0.3, -0.25) is 13.9 Å². The van der Waals surface area contributed by atoms with Crippen LogP contribution >= 0.6 is 0 Å². The third kappa shape index (κ3) is 9.56. The zero-order valence-corrected chi connectivity index (χ0v) is 30.4. The number of methoxy groups -OCH3 is 2. The molecule has 0 radical (unpaired) electrons.